The highest BCUT2D eigenvalue weighted by atomic mass is 32.1. The Morgan fingerprint density at radius 3 is 1.36 bits per heavy atom. The number of aromatic nitrogens is 3. The number of fused-ring (bicyclic) bond motifs is 6. The maximum absolute atomic E-state index is 6.97. The normalized spacial score (nSPS) is 11.7. The third-order valence-corrected chi connectivity index (χ3v) is 13.0. The zero-order valence-corrected chi connectivity index (χ0v) is 34.6. The van der Waals surface area contributed by atoms with Gasteiger partial charge >= 0.3 is 0 Å². The molecule has 0 amide bonds. The lowest BCUT2D eigenvalue weighted by Crippen LogP contribution is -2.47. The second kappa shape index (κ2) is 15.6. The molecule has 262 valence electrons. The van der Waals surface area contributed by atoms with E-state index in [1.165, 1.54) is 11.3 Å². The van der Waals surface area contributed by atoms with E-state index in [4.69, 9.17) is 129 Å². The van der Waals surface area contributed by atoms with E-state index in [1.807, 2.05) is 54.6 Å². The van der Waals surface area contributed by atoms with Crippen LogP contribution in [0, 0.1) is 0 Å². The van der Waals surface area contributed by atoms with Gasteiger partial charge in [-0.1, -0.05) is 116 Å². The zero-order chi connectivity index (χ0) is 45.2. The molecule has 3 aromatic heterocycles. The molecule has 28 radical (unpaired) electrons. The summed E-state index contributed by atoms with van der Waals surface area (Å²) in [6.07, 6.45) is 0. The summed E-state index contributed by atoms with van der Waals surface area (Å²) in [4.78, 5) is 14.9. The Morgan fingerprint density at radius 2 is 0.734 bits per heavy atom. The van der Waals surface area contributed by atoms with E-state index in [2.05, 4.69) is 24.3 Å². The number of thiophene rings is 1. The third kappa shape index (κ3) is 6.27. The van der Waals surface area contributed by atoms with Crippen LogP contribution in [0.4, 0.5) is 0 Å². The van der Waals surface area contributed by atoms with Gasteiger partial charge in [0.15, 0.2) is 17.5 Å². The van der Waals surface area contributed by atoms with Gasteiger partial charge in [-0.3, -0.25) is 0 Å². The minimum Gasteiger partial charge on any atom is -0.457 e. The lowest BCUT2D eigenvalue weighted by Gasteiger charge is -2.19. The summed E-state index contributed by atoms with van der Waals surface area (Å²) in [5.41, 5.74) is 6.47. The third-order valence-electron chi connectivity index (χ3n) is 11.8. The van der Waals surface area contributed by atoms with Crippen LogP contribution < -0.4 is 76.5 Å². The fraction of sp³-hybridized carbons (Fsp3) is 0. The minimum atomic E-state index is 0.000223. The molecular weight excluding hydrogens is 782 g/mol. The van der Waals surface area contributed by atoms with Gasteiger partial charge in [-0.05, 0) is 44.6 Å². The summed E-state index contributed by atoms with van der Waals surface area (Å²) >= 11 is 1.22. The Labute approximate surface area is 392 Å². The number of hydrogen-bond acceptors (Lipinski definition) is 5. The predicted octanol–water partition coefficient (Wildman–Crippen LogP) is -4.41. The van der Waals surface area contributed by atoms with E-state index < -0.39 is 0 Å². The van der Waals surface area contributed by atoms with Crippen LogP contribution in [0.5, 0.6) is 0 Å². The highest BCUT2D eigenvalue weighted by Gasteiger charge is 2.26. The molecule has 10 aromatic rings. The first kappa shape index (κ1) is 42.4. The van der Waals surface area contributed by atoms with Crippen LogP contribution in [0.3, 0.4) is 0 Å². The van der Waals surface area contributed by atoms with Crippen LogP contribution in [-0.2, 0) is 0 Å². The molecule has 7 aromatic carbocycles. The quantitative estimate of drug-likeness (QED) is 0.166. The smallest absolute Gasteiger partial charge is 0.164 e. The van der Waals surface area contributed by atoms with E-state index in [9.17, 15) is 0 Å². The van der Waals surface area contributed by atoms with Crippen molar-refractivity contribution in [3.05, 3.63) is 78.9 Å². The van der Waals surface area contributed by atoms with Crippen LogP contribution in [0.15, 0.2) is 83.3 Å². The van der Waals surface area contributed by atoms with E-state index >= 15 is 0 Å². The molecule has 0 unspecified atom stereocenters. The summed E-state index contributed by atoms with van der Waals surface area (Å²) in [5.74, 6) is 0.270. The number of benzene rings is 7. The summed E-state index contributed by atoms with van der Waals surface area (Å²) in [6.45, 7) is 0. The number of nitrogens with zero attached hydrogens (tertiary/aromatic N) is 3. The lowest BCUT2D eigenvalue weighted by atomic mass is 9.64. The van der Waals surface area contributed by atoms with E-state index in [1.54, 1.807) is 0 Å². The van der Waals surface area contributed by atoms with Gasteiger partial charge in [0, 0.05) is 36.9 Å². The molecule has 19 heteroatoms. The van der Waals surface area contributed by atoms with E-state index in [-0.39, 0.29) is 116 Å². The zero-order valence-electron chi connectivity index (χ0n) is 33.7. The first-order valence-corrected chi connectivity index (χ1v) is 20.3. The Hall–Kier alpha value is -5.52. The molecule has 0 saturated heterocycles. The summed E-state index contributed by atoms with van der Waals surface area (Å²) in [6, 6.07) is 26.1. The largest absolute Gasteiger partial charge is 0.457 e. The number of rotatable bonds is 5. The first-order valence-electron chi connectivity index (χ1n) is 19.5. The van der Waals surface area contributed by atoms with Crippen molar-refractivity contribution in [1.29, 1.82) is 0 Å². The minimum absolute atomic E-state index is 0.000223. The molecule has 10 rings (SSSR count). The Kier molecular flexibility index (Phi) is 10.3. The molecule has 0 spiro atoms. The number of hydrogen-bond donors (Lipinski definition) is 0. The van der Waals surface area contributed by atoms with Crippen LogP contribution in [0.2, 0.25) is 0 Å². The fourth-order valence-corrected chi connectivity index (χ4v) is 9.66. The summed E-state index contributed by atoms with van der Waals surface area (Å²) < 4.78 is 7.27. The molecule has 4 nitrogen and oxygen atoms in total. The van der Waals surface area contributed by atoms with Crippen molar-refractivity contribution in [2.45, 2.75) is 0 Å². The van der Waals surface area contributed by atoms with Crippen LogP contribution >= 0.6 is 11.3 Å². The SMILES string of the molecule is [B]c1c([B])c([B])c2c(oc3c([B])c(-c4nc(-c5ccc(-c6cccc(-c7ccccc7)c6)cc5)nc(-c5c([B])c([B])c([B])c6c5sc5c([B])c([B])c([B])c([B])c56)n4)c([B])c([B])c32)c1[B]. The molecule has 0 saturated carbocycles. The Balaban J connectivity index is 1.25. The first-order chi connectivity index (χ1) is 30.6. The molecule has 0 bridgehead atoms. The van der Waals surface area contributed by atoms with Crippen LogP contribution in [0.1, 0.15) is 0 Å². The van der Waals surface area contributed by atoms with Gasteiger partial charge in [0.2, 0.25) is 0 Å². The van der Waals surface area contributed by atoms with Gasteiger partial charge in [-0.2, -0.15) is 0 Å². The molecular formula is C45H13B14N3OS. The summed E-state index contributed by atoms with van der Waals surface area (Å²) in [5, 5.41) is 1.46. The monoisotopic (exact) mass is 797 g/mol. The number of furan rings is 1. The van der Waals surface area contributed by atoms with Crippen LogP contribution in [0.25, 0.3) is 98.5 Å². The maximum atomic E-state index is 6.97. The van der Waals surface area contributed by atoms with E-state index in [0.717, 1.165) is 22.3 Å². The Bertz CT molecular complexity index is 3670. The molecule has 0 aliphatic rings. The highest BCUT2D eigenvalue weighted by molar-refractivity contribution is 7.28. The average Bonchev–Trinajstić information content (AvgIpc) is 3.92. The van der Waals surface area contributed by atoms with Gasteiger partial charge < -0.3 is 4.42 Å². The van der Waals surface area contributed by atoms with Crippen molar-refractivity contribution >= 4 is 240 Å². The van der Waals surface area contributed by atoms with Gasteiger partial charge in [-0.15, -0.1) is 38.7 Å². The molecule has 64 heavy (non-hydrogen) atoms. The van der Waals surface area contributed by atoms with Gasteiger partial charge in [0.25, 0.3) is 0 Å². The maximum Gasteiger partial charge on any atom is 0.164 e. The second-order valence-electron chi connectivity index (χ2n) is 15.4. The van der Waals surface area contributed by atoms with Gasteiger partial charge in [0.1, 0.15) is 121 Å². The predicted molar refractivity (Wildman–Crippen MR) is 283 cm³/mol. The van der Waals surface area contributed by atoms with Crippen molar-refractivity contribution in [2.24, 2.45) is 0 Å². The molecule has 3 heterocycles. The van der Waals surface area contributed by atoms with Crippen molar-refractivity contribution < 1.29 is 4.42 Å². The molecule has 0 fully saturated rings. The fourth-order valence-electron chi connectivity index (χ4n) is 8.31. The second-order valence-corrected chi connectivity index (χ2v) is 16.4. The van der Waals surface area contributed by atoms with Crippen molar-refractivity contribution in [2.75, 3.05) is 0 Å². The van der Waals surface area contributed by atoms with Crippen molar-refractivity contribution in [1.82, 2.24) is 15.0 Å². The highest BCUT2D eigenvalue weighted by Crippen LogP contribution is 2.36. The Morgan fingerprint density at radius 1 is 0.312 bits per heavy atom. The molecule has 0 aliphatic carbocycles. The van der Waals surface area contributed by atoms with Crippen molar-refractivity contribution in [3.63, 3.8) is 0 Å². The van der Waals surface area contributed by atoms with E-state index in [0.29, 0.717) is 36.7 Å². The van der Waals surface area contributed by atoms with Gasteiger partial charge in [0.05, 0.1) is 0 Å². The summed E-state index contributed by atoms with van der Waals surface area (Å²) in [7, 11) is 91.9. The van der Waals surface area contributed by atoms with Crippen molar-refractivity contribution in [3.8, 4) is 56.4 Å². The standard InChI is InChI=1S/C45H13B14N3OS/c46-25-19-20-26(47)33(54)35(56)37(58)40(20)63-39(19)31(52)23(29(25)50)44-60-43(16-11-9-15(10-12-16)18-8-4-7-17(13-18)14-5-2-1-3-6-14)61-45(62-44)24-30(51)32(53)27(48)21-22-28(49)34(55)36(57)38(59)42(22)64-41(21)24/h1-13H. The lowest BCUT2D eigenvalue weighted by molar-refractivity contribution is 0.675. The topological polar surface area (TPSA) is 51.8 Å². The van der Waals surface area contributed by atoms with Crippen LogP contribution in [-0.4, -0.2) is 125 Å². The van der Waals surface area contributed by atoms with Gasteiger partial charge in [-0.25, -0.2) is 15.0 Å². The molecule has 0 N–H and O–H groups in total. The molecule has 0 aliphatic heterocycles. The average molecular weight is 795 g/mol. The molecule has 0 atom stereocenters.